The monoisotopic (exact) mass is 475 g/mol. The number of hydrogen-bond donors (Lipinski definition) is 1. The third-order valence-corrected chi connectivity index (χ3v) is 5.26. The zero-order chi connectivity index (χ0) is 24.7. The van der Waals surface area contributed by atoms with Crippen LogP contribution in [0.15, 0.2) is 42.5 Å². The van der Waals surface area contributed by atoms with Crippen molar-refractivity contribution in [2.75, 3.05) is 37.6 Å². The van der Waals surface area contributed by atoms with Crippen molar-refractivity contribution in [2.24, 2.45) is 0 Å². The van der Waals surface area contributed by atoms with Crippen LogP contribution in [0.25, 0.3) is 0 Å². The summed E-state index contributed by atoms with van der Waals surface area (Å²) < 4.78 is 39.9. The van der Waals surface area contributed by atoms with Crippen LogP contribution in [0.1, 0.15) is 31.9 Å². The number of alkyl carbamates (subject to hydrolysis) is 1. The van der Waals surface area contributed by atoms with E-state index in [0.717, 1.165) is 11.6 Å². The van der Waals surface area contributed by atoms with E-state index in [4.69, 9.17) is 9.47 Å². The molecule has 1 aliphatic heterocycles. The Balaban J connectivity index is 1.48. The Morgan fingerprint density at radius 1 is 1.00 bits per heavy atom. The Morgan fingerprint density at radius 2 is 1.68 bits per heavy atom. The molecule has 2 aromatic rings. The molecule has 184 valence electrons. The summed E-state index contributed by atoms with van der Waals surface area (Å²) in [6.45, 7) is 7.06. The van der Waals surface area contributed by atoms with Crippen molar-refractivity contribution in [3.8, 4) is 0 Å². The number of hydrogen-bond acceptors (Lipinski definition) is 5. The molecule has 9 heteroatoms. The second-order valence-electron chi connectivity index (χ2n) is 9.09. The van der Waals surface area contributed by atoms with Gasteiger partial charge in [0.1, 0.15) is 23.8 Å². The van der Waals surface area contributed by atoms with E-state index in [2.05, 4.69) is 5.32 Å². The molecule has 0 radical (unpaired) electrons. The summed E-state index contributed by atoms with van der Waals surface area (Å²) in [6, 6.07) is 11.6. The quantitative estimate of drug-likeness (QED) is 0.667. The zero-order valence-electron chi connectivity index (χ0n) is 19.8. The Morgan fingerprint density at radius 3 is 2.32 bits per heavy atom. The normalized spacial score (nSPS) is 14.0. The molecule has 2 aromatic carbocycles. The van der Waals surface area contributed by atoms with Crippen molar-refractivity contribution in [1.29, 1.82) is 0 Å². The molecular weight excluding hydrogens is 444 g/mol. The summed E-state index contributed by atoms with van der Waals surface area (Å²) >= 11 is 0. The summed E-state index contributed by atoms with van der Waals surface area (Å²) in [5.74, 6) is -1.10. The van der Waals surface area contributed by atoms with E-state index in [1.165, 1.54) is 6.07 Å². The molecule has 1 fully saturated rings. The number of ether oxygens (including phenoxy) is 2. The van der Waals surface area contributed by atoms with Gasteiger partial charge in [-0.05, 0) is 44.4 Å². The van der Waals surface area contributed by atoms with Crippen LogP contribution in [0.4, 0.5) is 24.1 Å². The number of carbonyl (C=O) groups excluding carboxylic acids is 2. The predicted octanol–water partition coefficient (Wildman–Crippen LogP) is 4.49. The molecule has 1 aliphatic rings. The van der Waals surface area contributed by atoms with Crippen molar-refractivity contribution in [3.63, 3.8) is 0 Å². The molecule has 1 saturated heterocycles. The Hall–Kier alpha value is -3.36. The van der Waals surface area contributed by atoms with Gasteiger partial charge in [0.25, 0.3) is 0 Å². The highest BCUT2D eigenvalue weighted by Crippen LogP contribution is 2.25. The Bertz CT molecular complexity index is 988. The van der Waals surface area contributed by atoms with Gasteiger partial charge in [0.15, 0.2) is 0 Å². The van der Waals surface area contributed by atoms with Crippen LogP contribution in [0, 0.1) is 11.6 Å². The van der Waals surface area contributed by atoms with E-state index >= 15 is 0 Å². The van der Waals surface area contributed by atoms with E-state index in [-0.39, 0.29) is 30.8 Å². The number of rotatable bonds is 6. The number of carbonyl (C=O) groups is 2. The van der Waals surface area contributed by atoms with Crippen LogP contribution in [0.3, 0.4) is 0 Å². The third-order valence-electron chi connectivity index (χ3n) is 5.26. The SMILES string of the molecule is CC(C)(C)OC(=O)N1CCN(c2cc(F)c(CCNC(=O)OCc3ccccc3)cc2F)CC1. The van der Waals surface area contributed by atoms with Crippen molar-refractivity contribution in [2.45, 2.75) is 39.4 Å². The molecule has 7 nitrogen and oxygen atoms in total. The van der Waals surface area contributed by atoms with Crippen LogP contribution >= 0.6 is 0 Å². The topological polar surface area (TPSA) is 71.1 Å². The van der Waals surface area contributed by atoms with Crippen LogP contribution in [0.5, 0.6) is 0 Å². The molecule has 0 aromatic heterocycles. The van der Waals surface area contributed by atoms with Gasteiger partial charge >= 0.3 is 12.2 Å². The average Bonchev–Trinajstić information content (AvgIpc) is 2.79. The van der Waals surface area contributed by atoms with Crippen LogP contribution in [-0.2, 0) is 22.5 Å². The van der Waals surface area contributed by atoms with E-state index in [9.17, 15) is 18.4 Å². The fourth-order valence-electron chi connectivity index (χ4n) is 3.54. The van der Waals surface area contributed by atoms with Crippen molar-refractivity contribution < 1.29 is 27.8 Å². The largest absolute Gasteiger partial charge is 0.445 e. The number of nitrogens with one attached hydrogen (secondary N) is 1. The first-order chi connectivity index (χ1) is 16.1. The summed E-state index contributed by atoms with van der Waals surface area (Å²) in [7, 11) is 0. The van der Waals surface area contributed by atoms with Crippen LogP contribution in [-0.4, -0.2) is 55.4 Å². The Labute approximate surface area is 198 Å². The van der Waals surface area contributed by atoms with Crippen LogP contribution in [0.2, 0.25) is 0 Å². The minimum Gasteiger partial charge on any atom is -0.445 e. The van der Waals surface area contributed by atoms with Gasteiger partial charge in [-0.1, -0.05) is 30.3 Å². The van der Waals surface area contributed by atoms with Gasteiger partial charge in [-0.2, -0.15) is 0 Å². The first-order valence-electron chi connectivity index (χ1n) is 11.3. The number of anilines is 1. The van der Waals surface area contributed by atoms with Gasteiger partial charge in [0, 0.05) is 38.8 Å². The van der Waals surface area contributed by atoms with E-state index < -0.39 is 29.4 Å². The maximum Gasteiger partial charge on any atom is 0.410 e. The minimum atomic E-state index is -0.621. The van der Waals surface area contributed by atoms with E-state index in [0.29, 0.717) is 26.2 Å². The van der Waals surface area contributed by atoms with Gasteiger partial charge in [-0.3, -0.25) is 0 Å². The first-order valence-corrected chi connectivity index (χ1v) is 11.3. The van der Waals surface area contributed by atoms with Crippen LogP contribution < -0.4 is 10.2 Å². The lowest BCUT2D eigenvalue weighted by molar-refractivity contribution is 0.0240. The fourth-order valence-corrected chi connectivity index (χ4v) is 3.54. The molecule has 0 bridgehead atoms. The molecule has 2 amide bonds. The predicted molar refractivity (Wildman–Crippen MR) is 125 cm³/mol. The van der Waals surface area contributed by atoms with Gasteiger partial charge in [0.05, 0.1) is 5.69 Å². The lowest BCUT2D eigenvalue weighted by Crippen LogP contribution is -2.50. The molecule has 1 N–H and O–H groups in total. The molecule has 0 unspecified atom stereocenters. The summed E-state index contributed by atoms with van der Waals surface area (Å²) in [6.07, 6.45) is -0.913. The summed E-state index contributed by atoms with van der Waals surface area (Å²) in [4.78, 5) is 27.3. The van der Waals surface area contributed by atoms with Crippen molar-refractivity contribution in [3.05, 3.63) is 65.2 Å². The Kier molecular flexibility index (Phi) is 8.31. The molecular formula is C25H31F2N3O4. The number of benzene rings is 2. The van der Waals surface area contributed by atoms with Crippen molar-refractivity contribution >= 4 is 17.9 Å². The molecule has 34 heavy (non-hydrogen) atoms. The maximum absolute atomic E-state index is 14.8. The number of nitrogens with zero attached hydrogens (tertiary/aromatic N) is 2. The number of amides is 2. The molecule has 1 heterocycles. The van der Waals surface area contributed by atoms with Crippen molar-refractivity contribution in [1.82, 2.24) is 10.2 Å². The fraction of sp³-hybridized carbons (Fsp3) is 0.440. The molecule has 3 rings (SSSR count). The lowest BCUT2D eigenvalue weighted by atomic mass is 10.1. The first kappa shape index (κ1) is 25.3. The minimum absolute atomic E-state index is 0.109. The molecule has 0 atom stereocenters. The van der Waals surface area contributed by atoms with Gasteiger partial charge in [-0.25, -0.2) is 18.4 Å². The molecule has 0 spiro atoms. The summed E-state index contributed by atoms with van der Waals surface area (Å²) in [5.41, 5.74) is 0.581. The standard InChI is InChI=1S/C25H31F2N3O4/c1-25(2,3)34-24(32)30-13-11-29(12-14-30)22-16-20(26)19(15-21(22)27)9-10-28-23(31)33-17-18-7-5-4-6-8-18/h4-8,15-16H,9-14,17H2,1-3H3,(H,28,31). The third kappa shape index (κ3) is 7.33. The van der Waals surface area contributed by atoms with E-state index in [1.807, 2.05) is 30.3 Å². The molecule has 0 saturated carbocycles. The second kappa shape index (κ2) is 11.2. The van der Waals surface area contributed by atoms with Gasteiger partial charge in [-0.15, -0.1) is 0 Å². The smallest absolute Gasteiger partial charge is 0.410 e. The summed E-state index contributed by atoms with van der Waals surface area (Å²) in [5, 5.41) is 2.55. The number of halogens is 2. The highest BCUT2D eigenvalue weighted by Gasteiger charge is 2.27. The van der Waals surface area contributed by atoms with Gasteiger partial charge < -0.3 is 24.6 Å². The lowest BCUT2D eigenvalue weighted by Gasteiger charge is -2.37. The number of piperazine rings is 1. The average molecular weight is 476 g/mol. The van der Waals surface area contributed by atoms with Gasteiger partial charge in [0.2, 0.25) is 0 Å². The second-order valence-corrected chi connectivity index (χ2v) is 9.09. The molecule has 0 aliphatic carbocycles. The maximum atomic E-state index is 14.8. The highest BCUT2D eigenvalue weighted by molar-refractivity contribution is 5.69. The van der Waals surface area contributed by atoms with E-state index in [1.54, 1.807) is 30.6 Å². The zero-order valence-corrected chi connectivity index (χ0v) is 19.8. The highest BCUT2D eigenvalue weighted by atomic mass is 19.1.